The van der Waals surface area contributed by atoms with Crippen molar-refractivity contribution < 1.29 is 28.2 Å². The number of halogens is 2. The van der Waals surface area contributed by atoms with E-state index in [1.54, 1.807) is 25.1 Å². The fourth-order valence-electron chi connectivity index (χ4n) is 5.09. The predicted octanol–water partition coefficient (Wildman–Crippen LogP) is 5.72. The zero-order chi connectivity index (χ0) is 29.8. The quantitative estimate of drug-likeness (QED) is 0.256. The molecule has 1 N–H and O–H groups in total. The van der Waals surface area contributed by atoms with Crippen LogP contribution in [-0.4, -0.2) is 50.0 Å². The molecular formula is C31H31F2N5O4. The molecule has 0 spiro atoms. The maximum absolute atomic E-state index is 14.2. The van der Waals surface area contributed by atoms with Crippen LogP contribution >= 0.6 is 0 Å². The second kappa shape index (κ2) is 12.5. The number of aromatic nitrogens is 3. The van der Waals surface area contributed by atoms with E-state index in [0.717, 1.165) is 37.4 Å². The first kappa shape index (κ1) is 29.0. The Balaban J connectivity index is 1.23. The smallest absolute Gasteiger partial charge is 0.335 e. The Bertz CT molecular complexity index is 1640. The van der Waals surface area contributed by atoms with Crippen molar-refractivity contribution in [1.82, 2.24) is 19.4 Å². The Morgan fingerprint density at radius 1 is 1.19 bits per heavy atom. The van der Waals surface area contributed by atoms with Crippen molar-refractivity contribution >= 4 is 17.0 Å². The predicted molar refractivity (Wildman–Crippen MR) is 150 cm³/mol. The van der Waals surface area contributed by atoms with E-state index in [0.29, 0.717) is 29.0 Å². The largest absolute Gasteiger partial charge is 0.478 e. The van der Waals surface area contributed by atoms with Crippen molar-refractivity contribution in [3.63, 3.8) is 0 Å². The van der Waals surface area contributed by atoms with E-state index in [1.807, 2.05) is 29.8 Å². The minimum absolute atomic E-state index is 0.00952. The van der Waals surface area contributed by atoms with E-state index in [9.17, 15) is 18.7 Å². The second-order valence-electron chi connectivity index (χ2n) is 10.3. The van der Waals surface area contributed by atoms with Gasteiger partial charge in [0.2, 0.25) is 12.2 Å². The molecule has 1 aliphatic heterocycles. The molecule has 2 aromatic carbocycles. The molecule has 0 bridgehead atoms. The molecule has 0 amide bonds. The first-order chi connectivity index (χ1) is 20.2. The van der Waals surface area contributed by atoms with E-state index < -0.39 is 18.1 Å². The van der Waals surface area contributed by atoms with Crippen LogP contribution in [0.2, 0.25) is 0 Å². The van der Waals surface area contributed by atoms with Crippen molar-refractivity contribution in [2.75, 3.05) is 13.1 Å². The maximum Gasteiger partial charge on any atom is 0.335 e. The van der Waals surface area contributed by atoms with E-state index in [-0.39, 0.29) is 35.8 Å². The van der Waals surface area contributed by atoms with Crippen molar-refractivity contribution in [3.8, 4) is 17.7 Å². The molecule has 0 aliphatic carbocycles. The average Bonchev–Trinajstić information content (AvgIpc) is 3.31. The number of imidazole rings is 1. The molecule has 0 radical (unpaired) electrons. The molecule has 1 saturated heterocycles. The van der Waals surface area contributed by atoms with Crippen LogP contribution in [0.4, 0.5) is 8.78 Å². The van der Waals surface area contributed by atoms with Gasteiger partial charge in [-0.2, -0.15) is 5.26 Å². The van der Waals surface area contributed by atoms with Crippen LogP contribution in [0, 0.1) is 17.1 Å². The molecule has 1 unspecified atom stereocenters. The SMILES string of the molecule is CCC(F)Oc1cc(C(=O)O)cc2c1nc(CN1CCC(c3cccc(OCc4ccc(C#N)cc4F)n3)CC1)n2C. The van der Waals surface area contributed by atoms with Gasteiger partial charge in [0, 0.05) is 36.7 Å². The van der Waals surface area contributed by atoms with Gasteiger partial charge in [0.25, 0.3) is 0 Å². The van der Waals surface area contributed by atoms with Gasteiger partial charge >= 0.3 is 5.97 Å². The molecule has 1 atom stereocenters. The van der Waals surface area contributed by atoms with Gasteiger partial charge in [-0.25, -0.2) is 23.5 Å². The first-order valence-electron chi connectivity index (χ1n) is 13.8. The molecular weight excluding hydrogens is 544 g/mol. The number of carboxylic acid groups (broad SMARTS) is 1. The van der Waals surface area contributed by atoms with E-state index in [1.165, 1.54) is 18.2 Å². The number of hydrogen-bond donors (Lipinski definition) is 1. The minimum atomic E-state index is -1.56. The molecule has 3 heterocycles. The number of carbonyl (C=O) groups is 1. The fraction of sp³-hybridized carbons (Fsp3) is 0.355. The lowest BCUT2D eigenvalue weighted by molar-refractivity contribution is 0.0638. The molecule has 9 nitrogen and oxygen atoms in total. The fourth-order valence-corrected chi connectivity index (χ4v) is 5.09. The van der Waals surface area contributed by atoms with Crippen molar-refractivity contribution in [1.29, 1.82) is 5.26 Å². The summed E-state index contributed by atoms with van der Waals surface area (Å²) < 4.78 is 41.3. The third-order valence-electron chi connectivity index (χ3n) is 7.54. The van der Waals surface area contributed by atoms with Gasteiger partial charge in [-0.15, -0.1) is 0 Å². The molecule has 2 aromatic heterocycles. The van der Waals surface area contributed by atoms with Gasteiger partial charge < -0.3 is 19.1 Å². The Morgan fingerprint density at radius 3 is 2.67 bits per heavy atom. The Kier molecular flexibility index (Phi) is 8.64. The van der Waals surface area contributed by atoms with Gasteiger partial charge in [-0.05, 0) is 56.3 Å². The lowest BCUT2D eigenvalue weighted by atomic mass is 9.93. The van der Waals surface area contributed by atoms with Gasteiger partial charge in [-0.1, -0.05) is 19.1 Å². The number of aromatic carboxylic acids is 1. The number of alkyl halides is 1. The summed E-state index contributed by atoms with van der Waals surface area (Å²) in [6, 6.07) is 14.6. The van der Waals surface area contributed by atoms with E-state index in [2.05, 4.69) is 9.88 Å². The number of nitriles is 1. The number of pyridine rings is 1. The van der Waals surface area contributed by atoms with Crippen molar-refractivity contribution in [3.05, 3.63) is 82.6 Å². The summed E-state index contributed by atoms with van der Waals surface area (Å²) in [4.78, 5) is 23.3. The number of ether oxygens (including phenoxy) is 2. The second-order valence-corrected chi connectivity index (χ2v) is 10.3. The van der Waals surface area contributed by atoms with Crippen LogP contribution in [0.25, 0.3) is 11.0 Å². The zero-order valence-electron chi connectivity index (χ0n) is 23.4. The third kappa shape index (κ3) is 6.34. The molecule has 11 heteroatoms. The molecule has 4 aromatic rings. The summed E-state index contributed by atoms with van der Waals surface area (Å²) in [5, 5.41) is 18.5. The summed E-state index contributed by atoms with van der Waals surface area (Å²) in [6.45, 7) is 3.79. The molecule has 1 fully saturated rings. The highest BCUT2D eigenvalue weighted by atomic mass is 19.1. The van der Waals surface area contributed by atoms with E-state index in [4.69, 9.17) is 19.7 Å². The highest BCUT2D eigenvalue weighted by Crippen LogP contribution is 2.32. The zero-order valence-corrected chi connectivity index (χ0v) is 23.4. The highest BCUT2D eigenvalue weighted by molar-refractivity contribution is 5.95. The van der Waals surface area contributed by atoms with Crippen molar-refractivity contribution in [2.24, 2.45) is 7.05 Å². The molecule has 42 heavy (non-hydrogen) atoms. The average molecular weight is 576 g/mol. The lowest BCUT2D eigenvalue weighted by Gasteiger charge is -2.31. The van der Waals surface area contributed by atoms with Crippen LogP contribution in [0.1, 0.15) is 65.1 Å². The Hall–Kier alpha value is -4.56. The number of likely N-dealkylation sites (tertiary alicyclic amines) is 1. The Morgan fingerprint density at radius 2 is 1.98 bits per heavy atom. The molecule has 218 valence electrons. The number of aryl methyl sites for hydroxylation is 1. The van der Waals surface area contributed by atoms with Crippen LogP contribution < -0.4 is 9.47 Å². The van der Waals surface area contributed by atoms with Gasteiger partial charge in [0.1, 0.15) is 23.8 Å². The number of fused-ring (bicyclic) bond motifs is 1. The Labute approximate surface area is 241 Å². The van der Waals surface area contributed by atoms with Crippen LogP contribution in [0.3, 0.4) is 0 Å². The number of hydrogen-bond acceptors (Lipinski definition) is 7. The monoisotopic (exact) mass is 575 g/mol. The molecule has 1 aliphatic rings. The summed E-state index contributed by atoms with van der Waals surface area (Å²) in [5.41, 5.74) is 2.54. The van der Waals surface area contributed by atoms with Crippen LogP contribution in [0.5, 0.6) is 11.6 Å². The van der Waals surface area contributed by atoms with Crippen molar-refractivity contribution in [2.45, 2.75) is 51.6 Å². The number of nitrogens with zero attached hydrogens (tertiary/aromatic N) is 5. The van der Waals surface area contributed by atoms with Gasteiger partial charge in [-0.3, -0.25) is 4.90 Å². The lowest BCUT2D eigenvalue weighted by Crippen LogP contribution is -2.33. The topological polar surface area (TPSA) is 114 Å². The van der Waals surface area contributed by atoms with Crippen LogP contribution in [0.15, 0.2) is 48.5 Å². The summed E-state index contributed by atoms with van der Waals surface area (Å²) in [6.07, 6.45) is 0.300. The maximum atomic E-state index is 14.2. The summed E-state index contributed by atoms with van der Waals surface area (Å²) in [7, 11) is 1.82. The minimum Gasteiger partial charge on any atom is -0.478 e. The molecule has 0 saturated carbocycles. The van der Waals surface area contributed by atoms with Gasteiger partial charge in [0.15, 0.2) is 5.75 Å². The summed E-state index contributed by atoms with van der Waals surface area (Å²) >= 11 is 0. The van der Waals surface area contributed by atoms with Crippen LogP contribution in [-0.2, 0) is 20.2 Å². The van der Waals surface area contributed by atoms with Gasteiger partial charge in [0.05, 0.1) is 29.3 Å². The third-order valence-corrected chi connectivity index (χ3v) is 7.54. The summed E-state index contributed by atoms with van der Waals surface area (Å²) in [5.74, 6) is -0.123. The van der Waals surface area contributed by atoms with E-state index >= 15 is 0 Å². The number of carboxylic acids is 1. The molecule has 5 rings (SSSR count). The normalized spacial score (nSPS) is 14.9. The number of rotatable bonds is 10. The first-order valence-corrected chi connectivity index (χ1v) is 13.8. The standard InChI is InChI=1S/C31H31F2N5O4/c1-3-27(33)42-26-15-22(31(39)40)14-25-30(26)36-28(37(25)2)17-38-11-9-20(10-12-38)24-5-4-6-29(35-24)41-18-21-8-7-19(16-34)13-23(21)32/h4-8,13-15,20,27H,3,9-12,17-18H2,1-2H3,(H,39,40). The highest BCUT2D eigenvalue weighted by Gasteiger charge is 2.25. The number of benzene rings is 2. The number of piperidine rings is 1.